The molecule has 0 aliphatic heterocycles. The van der Waals surface area contributed by atoms with Gasteiger partial charge in [0.25, 0.3) is 5.91 Å². The molecular formula is C22H25N3O5. The van der Waals surface area contributed by atoms with Gasteiger partial charge in [-0.15, -0.1) is 0 Å². The average molecular weight is 411 g/mol. The predicted molar refractivity (Wildman–Crippen MR) is 112 cm³/mol. The molecule has 0 spiro atoms. The van der Waals surface area contributed by atoms with Gasteiger partial charge in [0, 0.05) is 6.54 Å². The highest BCUT2D eigenvalue weighted by atomic mass is 16.5. The summed E-state index contributed by atoms with van der Waals surface area (Å²) in [6.07, 6.45) is 0.151. The summed E-state index contributed by atoms with van der Waals surface area (Å²) in [4.78, 5) is 48.0. The van der Waals surface area contributed by atoms with Crippen molar-refractivity contribution >= 4 is 29.5 Å². The molecule has 4 amide bonds. The molecule has 30 heavy (non-hydrogen) atoms. The Kier molecular flexibility index (Phi) is 8.56. The minimum absolute atomic E-state index is 0.107. The Labute approximate surface area is 175 Å². The topological polar surface area (TPSA) is 114 Å². The van der Waals surface area contributed by atoms with E-state index in [1.807, 2.05) is 44.2 Å². The fourth-order valence-corrected chi connectivity index (χ4v) is 2.46. The van der Waals surface area contributed by atoms with E-state index in [4.69, 9.17) is 4.74 Å². The minimum Gasteiger partial charge on any atom is -0.452 e. The Bertz CT molecular complexity index is 897. The Morgan fingerprint density at radius 3 is 2.27 bits per heavy atom. The maximum Gasteiger partial charge on any atom is 0.340 e. The monoisotopic (exact) mass is 411 g/mol. The number of ether oxygens (including phenoxy) is 1. The fourth-order valence-electron chi connectivity index (χ4n) is 2.46. The fraction of sp³-hybridized carbons (Fsp3) is 0.273. The Morgan fingerprint density at radius 1 is 0.900 bits per heavy atom. The highest BCUT2D eigenvalue weighted by molar-refractivity contribution is 6.02. The van der Waals surface area contributed by atoms with Gasteiger partial charge in [0.15, 0.2) is 6.61 Å². The van der Waals surface area contributed by atoms with Crippen LogP contribution in [0.5, 0.6) is 0 Å². The van der Waals surface area contributed by atoms with Crippen molar-refractivity contribution in [2.75, 3.05) is 18.5 Å². The zero-order chi connectivity index (χ0) is 21.9. The normalized spacial score (nSPS) is 10.2. The number of carbonyl (C=O) groups is 4. The van der Waals surface area contributed by atoms with E-state index in [0.717, 1.165) is 5.56 Å². The van der Waals surface area contributed by atoms with Crippen LogP contribution in [0.15, 0.2) is 54.6 Å². The van der Waals surface area contributed by atoms with Crippen LogP contribution in [-0.4, -0.2) is 37.0 Å². The molecule has 2 rings (SSSR count). The van der Waals surface area contributed by atoms with Crippen molar-refractivity contribution in [3.05, 3.63) is 65.7 Å². The van der Waals surface area contributed by atoms with Gasteiger partial charge in [-0.2, -0.15) is 0 Å². The SMILES string of the molecule is CC(C)CNC(=O)NC(=O)COC(=O)c1ccccc1NC(=O)Cc1ccccc1. The lowest BCUT2D eigenvalue weighted by Gasteiger charge is -2.11. The third kappa shape index (κ3) is 7.75. The number of nitrogens with one attached hydrogen (secondary N) is 3. The number of benzene rings is 2. The molecular weight excluding hydrogens is 386 g/mol. The molecule has 0 heterocycles. The molecule has 8 heteroatoms. The Morgan fingerprint density at radius 2 is 1.57 bits per heavy atom. The lowest BCUT2D eigenvalue weighted by molar-refractivity contribution is -0.123. The number of hydrogen-bond acceptors (Lipinski definition) is 5. The van der Waals surface area contributed by atoms with Gasteiger partial charge in [0.2, 0.25) is 5.91 Å². The summed E-state index contributed by atoms with van der Waals surface area (Å²) in [6.45, 7) is 3.62. The molecule has 2 aromatic rings. The molecule has 8 nitrogen and oxygen atoms in total. The number of para-hydroxylation sites is 1. The Balaban J connectivity index is 1.89. The maximum absolute atomic E-state index is 12.4. The molecule has 0 saturated heterocycles. The van der Waals surface area contributed by atoms with Crippen LogP contribution in [0.3, 0.4) is 0 Å². The van der Waals surface area contributed by atoms with E-state index in [-0.39, 0.29) is 29.5 Å². The standard InChI is InChI=1S/C22H25N3O5/c1-15(2)13-23-22(29)25-20(27)14-30-21(28)17-10-6-7-11-18(17)24-19(26)12-16-8-4-3-5-9-16/h3-11,15H,12-14H2,1-2H3,(H,24,26)(H2,23,25,27,29). The van der Waals surface area contributed by atoms with Crippen LogP contribution in [0, 0.1) is 5.92 Å². The second kappa shape index (κ2) is 11.4. The van der Waals surface area contributed by atoms with Crippen molar-refractivity contribution in [2.24, 2.45) is 5.92 Å². The molecule has 158 valence electrons. The summed E-state index contributed by atoms with van der Waals surface area (Å²) >= 11 is 0. The molecule has 2 aromatic carbocycles. The third-order valence-electron chi connectivity index (χ3n) is 3.89. The number of amides is 4. The highest BCUT2D eigenvalue weighted by Gasteiger charge is 2.17. The molecule has 0 bridgehead atoms. The lowest BCUT2D eigenvalue weighted by Crippen LogP contribution is -2.42. The van der Waals surface area contributed by atoms with Crippen molar-refractivity contribution in [3.8, 4) is 0 Å². The smallest absolute Gasteiger partial charge is 0.340 e. The van der Waals surface area contributed by atoms with E-state index in [0.29, 0.717) is 6.54 Å². The van der Waals surface area contributed by atoms with Gasteiger partial charge >= 0.3 is 12.0 Å². The average Bonchev–Trinajstić information content (AvgIpc) is 2.71. The molecule has 0 aliphatic rings. The van der Waals surface area contributed by atoms with Crippen molar-refractivity contribution in [1.29, 1.82) is 0 Å². The van der Waals surface area contributed by atoms with E-state index >= 15 is 0 Å². The van der Waals surface area contributed by atoms with Crippen LogP contribution in [-0.2, 0) is 20.7 Å². The number of imide groups is 1. The first kappa shape index (κ1) is 22.6. The van der Waals surface area contributed by atoms with E-state index in [1.54, 1.807) is 18.2 Å². The summed E-state index contributed by atoms with van der Waals surface area (Å²) < 4.78 is 4.97. The van der Waals surface area contributed by atoms with Gasteiger partial charge < -0.3 is 15.4 Å². The van der Waals surface area contributed by atoms with E-state index in [9.17, 15) is 19.2 Å². The van der Waals surface area contributed by atoms with Crippen LogP contribution in [0.2, 0.25) is 0 Å². The second-order valence-corrected chi connectivity index (χ2v) is 6.98. The molecule has 0 fully saturated rings. The quantitative estimate of drug-likeness (QED) is 0.578. The van der Waals surface area contributed by atoms with Crippen LogP contribution in [0.1, 0.15) is 29.8 Å². The van der Waals surface area contributed by atoms with Gasteiger partial charge in [-0.05, 0) is 23.6 Å². The van der Waals surface area contributed by atoms with Crippen molar-refractivity contribution in [2.45, 2.75) is 20.3 Å². The summed E-state index contributed by atoms with van der Waals surface area (Å²) in [5, 5.41) is 7.29. The van der Waals surface area contributed by atoms with Gasteiger partial charge in [0.1, 0.15) is 0 Å². The molecule has 3 N–H and O–H groups in total. The molecule has 0 saturated carbocycles. The van der Waals surface area contributed by atoms with Crippen molar-refractivity contribution < 1.29 is 23.9 Å². The molecule has 0 atom stereocenters. The maximum atomic E-state index is 12.4. The van der Waals surface area contributed by atoms with Crippen LogP contribution >= 0.6 is 0 Å². The minimum atomic E-state index is -0.789. The zero-order valence-electron chi connectivity index (χ0n) is 16.9. The summed E-state index contributed by atoms with van der Waals surface area (Å²) in [6, 6.07) is 14.9. The second-order valence-electron chi connectivity index (χ2n) is 6.98. The van der Waals surface area contributed by atoms with Crippen LogP contribution in [0.4, 0.5) is 10.5 Å². The van der Waals surface area contributed by atoms with E-state index in [2.05, 4.69) is 16.0 Å². The highest BCUT2D eigenvalue weighted by Crippen LogP contribution is 2.17. The predicted octanol–water partition coefficient (Wildman–Crippen LogP) is 2.51. The number of hydrogen-bond donors (Lipinski definition) is 3. The molecule has 0 unspecified atom stereocenters. The van der Waals surface area contributed by atoms with Gasteiger partial charge in [-0.25, -0.2) is 9.59 Å². The van der Waals surface area contributed by atoms with Crippen molar-refractivity contribution in [1.82, 2.24) is 10.6 Å². The van der Waals surface area contributed by atoms with Crippen LogP contribution in [0.25, 0.3) is 0 Å². The van der Waals surface area contributed by atoms with Crippen LogP contribution < -0.4 is 16.0 Å². The number of rotatable bonds is 8. The number of carbonyl (C=O) groups excluding carboxylic acids is 4. The number of esters is 1. The Hall–Kier alpha value is -3.68. The zero-order valence-corrected chi connectivity index (χ0v) is 16.9. The molecule has 0 radical (unpaired) electrons. The first-order valence-corrected chi connectivity index (χ1v) is 9.52. The third-order valence-corrected chi connectivity index (χ3v) is 3.89. The first-order valence-electron chi connectivity index (χ1n) is 9.52. The van der Waals surface area contributed by atoms with Crippen molar-refractivity contribution in [3.63, 3.8) is 0 Å². The van der Waals surface area contributed by atoms with E-state index < -0.39 is 24.5 Å². The van der Waals surface area contributed by atoms with Gasteiger partial charge in [0.05, 0.1) is 17.7 Å². The van der Waals surface area contributed by atoms with Gasteiger partial charge in [-0.3, -0.25) is 14.9 Å². The lowest BCUT2D eigenvalue weighted by atomic mass is 10.1. The van der Waals surface area contributed by atoms with Gasteiger partial charge in [-0.1, -0.05) is 56.3 Å². The number of urea groups is 1. The molecule has 0 aromatic heterocycles. The molecule has 0 aliphatic carbocycles. The first-order chi connectivity index (χ1) is 14.3. The summed E-state index contributed by atoms with van der Waals surface area (Å²) in [5.74, 6) is -1.60. The summed E-state index contributed by atoms with van der Waals surface area (Å²) in [5.41, 5.74) is 1.22. The largest absolute Gasteiger partial charge is 0.452 e. The number of anilines is 1. The summed E-state index contributed by atoms with van der Waals surface area (Å²) in [7, 11) is 0. The van der Waals surface area contributed by atoms with E-state index in [1.165, 1.54) is 6.07 Å².